The van der Waals surface area contributed by atoms with Crippen molar-refractivity contribution in [3.8, 4) is 0 Å². The summed E-state index contributed by atoms with van der Waals surface area (Å²) < 4.78 is 25.7. The molecule has 1 aliphatic heterocycles. The predicted molar refractivity (Wildman–Crippen MR) is 88.6 cm³/mol. The molecule has 0 aliphatic carbocycles. The zero-order valence-electron chi connectivity index (χ0n) is 13.0. The number of sulfonamides is 1. The summed E-state index contributed by atoms with van der Waals surface area (Å²) in [6, 6.07) is 6.53. The van der Waals surface area contributed by atoms with E-state index in [-0.39, 0.29) is 29.1 Å². The third-order valence-corrected chi connectivity index (χ3v) is 6.19. The van der Waals surface area contributed by atoms with Crippen molar-refractivity contribution in [2.24, 2.45) is 0 Å². The predicted octanol–water partition coefficient (Wildman–Crippen LogP) is 0.722. The molecule has 23 heavy (non-hydrogen) atoms. The number of benzene rings is 1. The summed E-state index contributed by atoms with van der Waals surface area (Å²) in [5.74, 6) is 0.383. The van der Waals surface area contributed by atoms with Crippen LogP contribution in [0.2, 0.25) is 0 Å². The van der Waals surface area contributed by atoms with E-state index in [9.17, 15) is 18.0 Å². The second-order valence-corrected chi connectivity index (χ2v) is 8.37. The van der Waals surface area contributed by atoms with E-state index in [4.69, 9.17) is 0 Å². The Labute approximate surface area is 140 Å². The summed E-state index contributed by atoms with van der Waals surface area (Å²) in [6.45, 7) is 0.647. The van der Waals surface area contributed by atoms with E-state index in [0.717, 1.165) is 4.31 Å². The highest BCUT2D eigenvalue weighted by atomic mass is 32.2. The molecule has 0 aromatic heterocycles. The maximum Gasteiger partial charge on any atom is 0.282 e. The smallest absolute Gasteiger partial charge is 0.282 e. The van der Waals surface area contributed by atoms with Crippen LogP contribution in [-0.2, 0) is 21.4 Å². The summed E-state index contributed by atoms with van der Waals surface area (Å²) in [4.78, 5) is 25.0. The first kappa shape index (κ1) is 17.8. The highest BCUT2D eigenvalue weighted by Crippen LogP contribution is 2.19. The van der Waals surface area contributed by atoms with Crippen LogP contribution < -0.4 is 5.32 Å². The molecule has 0 saturated carbocycles. The summed E-state index contributed by atoms with van der Waals surface area (Å²) in [5, 5.41) is 2.57. The molecule has 1 aromatic rings. The second-order valence-electron chi connectivity index (χ2n) is 5.21. The quantitative estimate of drug-likeness (QED) is 0.811. The molecule has 0 unspecified atom stereocenters. The lowest BCUT2D eigenvalue weighted by Crippen LogP contribution is -2.37. The van der Waals surface area contributed by atoms with Gasteiger partial charge in [-0.1, -0.05) is 30.0 Å². The number of amides is 2. The van der Waals surface area contributed by atoms with Gasteiger partial charge in [0.05, 0.1) is 4.90 Å². The minimum Gasteiger partial charge on any atom is -0.350 e. The Bertz CT molecular complexity index is 704. The molecule has 126 valence electrons. The van der Waals surface area contributed by atoms with Crippen LogP contribution >= 0.6 is 11.8 Å². The molecule has 1 heterocycles. The van der Waals surface area contributed by atoms with Crippen molar-refractivity contribution in [2.45, 2.75) is 11.4 Å². The Morgan fingerprint density at radius 2 is 2.04 bits per heavy atom. The summed E-state index contributed by atoms with van der Waals surface area (Å²) in [6.07, 6.45) is 0. The molecule has 1 aliphatic rings. The summed E-state index contributed by atoms with van der Waals surface area (Å²) in [7, 11) is -0.653. The number of hydrogen-bond donors (Lipinski definition) is 1. The van der Waals surface area contributed by atoms with Crippen LogP contribution in [0.4, 0.5) is 4.79 Å². The van der Waals surface area contributed by atoms with Gasteiger partial charge < -0.3 is 10.2 Å². The van der Waals surface area contributed by atoms with Gasteiger partial charge in [-0.25, -0.2) is 12.7 Å². The van der Waals surface area contributed by atoms with E-state index < -0.39 is 10.0 Å². The first-order valence-electron chi connectivity index (χ1n) is 7.01. The van der Waals surface area contributed by atoms with Crippen LogP contribution in [-0.4, -0.2) is 61.7 Å². The van der Waals surface area contributed by atoms with Gasteiger partial charge in [-0.2, -0.15) is 0 Å². The van der Waals surface area contributed by atoms with Crippen molar-refractivity contribution in [2.75, 3.05) is 32.9 Å². The molecular weight excluding hydrogens is 338 g/mol. The Morgan fingerprint density at radius 1 is 1.35 bits per heavy atom. The van der Waals surface area contributed by atoms with Crippen LogP contribution in [0.15, 0.2) is 29.2 Å². The average Bonchev–Trinajstić information content (AvgIpc) is 2.90. The van der Waals surface area contributed by atoms with Crippen molar-refractivity contribution < 1.29 is 18.0 Å². The van der Waals surface area contributed by atoms with Gasteiger partial charge in [0.25, 0.3) is 5.24 Å². The van der Waals surface area contributed by atoms with Crippen molar-refractivity contribution >= 4 is 32.9 Å². The van der Waals surface area contributed by atoms with Gasteiger partial charge in [0.15, 0.2) is 0 Å². The van der Waals surface area contributed by atoms with E-state index in [2.05, 4.69) is 5.32 Å². The largest absolute Gasteiger partial charge is 0.350 e. The molecule has 9 heteroatoms. The summed E-state index contributed by atoms with van der Waals surface area (Å²) >= 11 is 1.19. The molecule has 0 atom stereocenters. The van der Waals surface area contributed by atoms with Gasteiger partial charge in [0.1, 0.15) is 6.54 Å². The fraction of sp³-hybridized carbons (Fsp3) is 0.429. The number of nitrogens with zero attached hydrogens (tertiary/aromatic N) is 2. The van der Waals surface area contributed by atoms with Crippen molar-refractivity contribution in [1.29, 1.82) is 0 Å². The fourth-order valence-corrected chi connectivity index (χ4v) is 4.03. The van der Waals surface area contributed by atoms with Crippen molar-refractivity contribution in [3.63, 3.8) is 0 Å². The third kappa shape index (κ3) is 4.24. The number of rotatable bonds is 6. The molecule has 1 aromatic carbocycles. The number of thioether (sulfide) groups is 1. The molecular formula is C14H19N3O4S2. The SMILES string of the molecule is CN(C)S(=O)(=O)c1ccccc1CNC(=O)CN1CCSC1=O. The Balaban J connectivity index is 2.04. The van der Waals surface area contributed by atoms with E-state index in [1.54, 1.807) is 18.2 Å². The number of carbonyl (C=O) groups excluding carboxylic acids is 2. The standard InChI is InChI=1S/C14H19N3O4S2/c1-16(2)23(20,21)12-6-4-3-5-11(12)9-15-13(18)10-17-7-8-22-14(17)19/h3-6H,7-10H2,1-2H3,(H,15,18). The van der Waals surface area contributed by atoms with Crippen molar-refractivity contribution in [1.82, 2.24) is 14.5 Å². The molecule has 1 N–H and O–H groups in total. The van der Waals surface area contributed by atoms with Crippen LogP contribution in [0.25, 0.3) is 0 Å². The number of nitrogens with one attached hydrogen (secondary N) is 1. The Hall–Kier alpha value is -1.58. The normalized spacial score (nSPS) is 15.3. The van der Waals surface area contributed by atoms with Crippen LogP contribution in [0.5, 0.6) is 0 Å². The maximum absolute atomic E-state index is 12.3. The van der Waals surface area contributed by atoms with E-state index in [0.29, 0.717) is 17.9 Å². The molecule has 1 saturated heterocycles. The second kappa shape index (κ2) is 7.33. The minimum atomic E-state index is -3.57. The average molecular weight is 357 g/mol. The lowest BCUT2D eigenvalue weighted by molar-refractivity contribution is -0.121. The molecule has 2 rings (SSSR count). The van der Waals surface area contributed by atoms with Crippen LogP contribution in [0.3, 0.4) is 0 Å². The molecule has 0 radical (unpaired) electrons. The first-order chi connectivity index (χ1) is 10.8. The highest BCUT2D eigenvalue weighted by molar-refractivity contribution is 8.13. The van der Waals surface area contributed by atoms with Gasteiger partial charge >= 0.3 is 0 Å². The van der Waals surface area contributed by atoms with Gasteiger partial charge in [-0.3, -0.25) is 9.59 Å². The van der Waals surface area contributed by atoms with Gasteiger partial charge in [0.2, 0.25) is 15.9 Å². The Kier molecular flexibility index (Phi) is 5.66. The van der Waals surface area contributed by atoms with Crippen LogP contribution in [0, 0.1) is 0 Å². The minimum absolute atomic E-state index is 0.00553. The fourth-order valence-electron chi connectivity index (χ4n) is 2.09. The maximum atomic E-state index is 12.3. The number of carbonyl (C=O) groups is 2. The summed E-state index contributed by atoms with van der Waals surface area (Å²) in [5.41, 5.74) is 0.511. The van der Waals surface area contributed by atoms with Gasteiger partial charge in [-0.05, 0) is 11.6 Å². The first-order valence-corrected chi connectivity index (χ1v) is 9.44. The number of hydrogen-bond acceptors (Lipinski definition) is 5. The topological polar surface area (TPSA) is 86.8 Å². The van der Waals surface area contributed by atoms with E-state index in [1.807, 2.05) is 0 Å². The monoisotopic (exact) mass is 357 g/mol. The third-order valence-electron chi connectivity index (χ3n) is 3.39. The van der Waals surface area contributed by atoms with Gasteiger partial charge in [-0.15, -0.1) is 0 Å². The van der Waals surface area contributed by atoms with Crippen molar-refractivity contribution in [3.05, 3.63) is 29.8 Å². The molecule has 1 fully saturated rings. The van der Waals surface area contributed by atoms with E-state index in [1.165, 1.54) is 36.8 Å². The lowest BCUT2D eigenvalue weighted by atomic mass is 10.2. The molecule has 2 amide bonds. The lowest BCUT2D eigenvalue weighted by Gasteiger charge is -2.17. The Morgan fingerprint density at radius 3 is 2.65 bits per heavy atom. The molecule has 0 spiro atoms. The zero-order chi connectivity index (χ0) is 17.0. The van der Waals surface area contributed by atoms with E-state index >= 15 is 0 Å². The van der Waals surface area contributed by atoms with Crippen LogP contribution in [0.1, 0.15) is 5.56 Å². The highest BCUT2D eigenvalue weighted by Gasteiger charge is 2.24. The molecule has 7 nitrogen and oxygen atoms in total. The zero-order valence-corrected chi connectivity index (χ0v) is 14.6. The molecule has 0 bridgehead atoms. The van der Waals surface area contributed by atoms with Gasteiger partial charge in [0, 0.05) is 32.9 Å².